The maximum Gasteiger partial charge on any atom is 0.251 e. The van der Waals surface area contributed by atoms with Gasteiger partial charge in [0.15, 0.2) is 0 Å². The Hall–Kier alpha value is -2.25. The fourth-order valence-corrected chi connectivity index (χ4v) is 3.44. The number of carbonyl (C=O) groups is 1. The lowest BCUT2D eigenvalue weighted by molar-refractivity contribution is 0.0955. The van der Waals surface area contributed by atoms with E-state index in [1.165, 1.54) is 4.31 Å². The first kappa shape index (κ1) is 20.1. The van der Waals surface area contributed by atoms with Crippen LogP contribution in [0.15, 0.2) is 48.5 Å². The van der Waals surface area contributed by atoms with Gasteiger partial charge in [0.05, 0.1) is 25.1 Å². The van der Waals surface area contributed by atoms with E-state index in [4.69, 9.17) is 16.3 Å². The first-order valence-corrected chi connectivity index (χ1v) is 10.3. The van der Waals surface area contributed by atoms with Crippen LogP contribution < -0.4 is 14.4 Å². The van der Waals surface area contributed by atoms with Crippen LogP contribution in [0.4, 0.5) is 5.69 Å². The van der Waals surface area contributed by atoms with Gasteiger partial charge in [0, 0.05) is 17.1 Å². The molecule has 6 nitrogen and oxygen atoms in total. The molecule has 1 amide bonds. The van der Waals surface area contributed by atoms with E-state index in [9.17, 15) is 13.2 Å². The number of nitrogens with one attached hydrogen (secondary N) is 1. The first-order valence-electron chi connectivity index (χ1n) is 8.06. The predicted molar refractivity (Wildman–Crippen MR) is 104 cm³/mol. The molecule has 2 aromatic carbocycles. The van der Waals surface area contributed by atoms with E-state index in [0.29, 0.717) is 28.6 Å². The molecule has 0 atom stereocenters. The molecule has 0 bridgehead atoms. The Labute approximate surface area is 158 Å². The second-order valence-corrected chi connectivity index (χ2v) is 7.84. The number of anilines is 1. The van der Waals surface area contributed by atoms with Crippen LogP contribution in [0.2, 0.25) is 5.02 Å². The van der Waals surface area contributed by atoms with Gasteiger partial charge < -0.3 is 10.1 Å². The normalized spacial score (nSPS) is 11.0. The fraction of sp³-hybridized carbons (Fsp3) is 0.278. The van der Waals surface area contributed by atoms with E-state index in [0.717, 1.165) is 6.26 Å². The molecule has 0 radical (unpaired) electrons. The number of hydrogen-bond acceptors (Lipinski definition) is 4. The van der Waals surface area contributed by atoms with Crippen molar-refractivity contribution in [2.75, 3.05) is 30.3 Å². The molecule has 0 unspecified atom stereocenters. The van der Waals surface area contributed by atoms with E-state index in [-0.39, 0.29) is 19.0 Å². The van der Waals surface area contributed by atoms with Crippen molar-refractivity contribution < 1.29 is 17.9 Å². The van der Waals surface area contributed by atoms with Gasteiger partial charge in [0.2, 0.25) is 10.0 Å². The van der Waals surface area contributed by atoms with Crippen molar-refractivity contribution in [3.8, 4) is 5.75 Å². The van der Waals surface area contributed by atoms with Gasteiger partial charge in [-0.2, -0.15) is 0 Å². The van der Waals surface area contributed by atoms with Crippen LogP contribution in [0.5, 0.6) is 5.75 Å². The number of ether oxygens (including phenoxy) is 1. The summed E-state index contributed by atoms with van der Waals surface area (Å²) in [6, 6.07) is 13.4. The van der Waals surface area contributed by atoms with E-state index in [1.807, 2.05) is 6.92 Å². The Balaban J connectivity index is 2.10. The van der Waals surface area contributed by atoms with Crippen molar-refractivity contribution in [1.29, 1.82) is 0 Å². The number of halogens is 1. The summed E-state index contributed by atoms with van der Waals surface area (Å²) in [7, 11) is -3.54. The second kappa shape index (κ2) is 8.91. The molecule has 8 heteroatoms. The van der Waals surface area contributed by atoms with Crippen molar-refractivity contribution >= 4 is 33.2 Å². The fourth-order valence-electron chi connectivity index (χ4n) is 2.38. The topological polar surface area (TPSA) is 75.7 Å². The minimum atomic E-state index is -3.54. The molecule has 0 saturated carbocycles. The minimum Gasteiger partial charge on any atom is -0.492 e. The van der Waals surface area contributed by atoms with E-state index < -0.39 is 10.0 Å². The molecule has 26 heavy (non-hydrogen) atoms. The summed E-state index contributed by atoms with van der Waals surface area (Å²) < 4.78 is 31.2. The standard InChI is InChI=1S/C18H21ClN2O4S/c1-3-25-17-7-5-4-6-16(17)21(26(2,23)24)13-12-20-18(22)14-8-10-15(19)11-9-14/h4-11H,3,12-13H2,1-2H3,(H,20,22). The summed E-state index contributed by atoms with van der Waals surface area (Å²) in [5.74, 6) is 0.178. The number of hydrogen-bond donors (Lipinski definition) is 1. The quantitative estimate of drug-likeness (QED) is 0.744. The van der Waals surface area contributed by atoms with Crippen LogP contribution in [0.3, 0.4) is 0 Å². The molecule has 0 aliphatic carbocycles. The molecular formula is C18H21ClN2O4S. The van der Waals surface area contributed by atoms with Gasteiger partial charge in [-0.15, -0.1) is 0 Å². The van der Waals surface area contributed by atoms with Crippen LogP contribution in [0.1, 0.15) is 17.3 Å². The number of sulfonamides is 1. The summed E-state index contributed by atoms with van der Waals surface area (Å²) in [5.41, 5.74) is 0.896. The van der Waals surface area contributed by atoms with Crippen molar-refractivity contribution in [2.45, 2.75) is 6.92 Å². The number of carbonyl (C=O) groups excluding carboxylic acids is 1. The highest BCUT2D eigenvalue weighted by Crippen LogP contribution is 2.29. The van der Waals surface area contributed by atoms with Crippen LogP contribution in [0, 0.1) is 0 Å². The third-order valence-electron chi connectivity index (χ3n) is 3.54. The smallest absolute Gasteiger partial charge is 0.251 e. The molecule has 0 fully saturated rings. The lowest BCUT2D eigenvalue weighted by atomic mass is 10.2. The maximum absolute atomic E-state index is 12.2. The third-order valence-corrected chi connectivity index (χ3v) is 4.97. The van der Waals surface area contributed by atoms with Crippen molar-refractivity contribution in [1.82, 2.24) is 5.32 Å². The Bertz CT molecular complexity index is 854. The largest absolute Gasteiger partial charge is 0.492 e. The van der Waals surface area contributed by atoms with Gasteiger partial charge in [-0.3, -0.25) is 9.10 Å². The minimum absolute atomic E-state index is 0.0856. The number of nitrogens with zero attached hydrogens (tertiary/aromatic N) is 1. The highest BCUT2D eigenvalue weighted by atomic mass is 35.5. The zero-order valence-corrected chi connectivity index (χ0v) is 16.2. The Kier molecular flexibility index (Phi) is 6.88. The van der Waals surface area contributed by atoms with Crippen LogP contribution in [-0.2, 0) is 10.0 Å². The average Bonchev–Trinajstić information content (AvgIpc) is 2.59. The van der Waals surface area contributed by atoms with Crippen LogP contribution >= 0.6 is 11.6 Å². The molecule has 0 saturated heterocycles. The van der Waals surface area contributed by atoms with Crippen molar-refractivity contribution in [3.05, 3.63) is 59.1 Å². The van der Waals surface area contributed by atoms with E-state index in [2.05, 4.69) is 5.32 Å². The molecule has 0 aliphatic rings. The SMILES string of the molecule is CCOc1ccccc1N(CCNC(=O)c1ccc(Cl)cc1)S(C)(=O)=O. The average molecular weight is 397 g/mol. The van der Waals surface area contributed by atoms with E-state index >= 15 is 0 Å². The van der Waals surface area contributed by atoms with Gasteiger partial charge in [-0.1, -0.05) is 23.7 Å². The Morgan fingerprint density at radius 2 is 1.81 bits per heavy atom. The summed E-state index contributed by atoms with van der Waals surface area (Å²) in [6.07, 6.45) is 1.12. The Morgan fingerprint density at radius 3 is 2.42 bits per heavy atom. The summed E-state index contributed by atoms with van der Waals surface area (Å²) in [6.45, 7) is 2.48. The summed E-state index contributed by atoms with van der Waals surface area (Å²) in [5, 5.41) is 3.25. The molecule has 140 valence electrons. The molecule has 0 heterocycles. The molecule has 2 rings (SSSR count). The molecule has 2 aromatic rings. The van der Waals surface area contributed by atoms with Crippen molar-refractivity contribution in [2.24, 2.45) is 0 Å². The first-order chi connectivity index (χ1) is 12.3. The van der Waals surface area contributed by atoms with Gasteiger partial charge in [-0.05, 0) is 43.3 Å². The van der Waals surface area contributed by atoms with Crippen molar-refractivity contribution in [3.63, 3.8) is 0 Å². The van der Waals surface area contributed by atoms with Gasteiger partial charge >= 0.3 is 0 Å². The lowest BCUT2D eigenvalue weighted by Gasteiger charge is -2.24. The zero-order valence-electron chi connectivity index (χ0n) is 14.6. The second-order valence-electron chi connectivity index (χ2n) is 5.50. The van der Waals surface area contributed by atoms with E-state index in [1.54, 1.807) is 48.5 Å². The molecule has 0 spiro atoms. The summed E-state index contributed by atoms with van der Waals surface area (Å²) >= 11 is 5.80. The molecule has 0 aromatic heterocycles. The highest BCUT2D eigenvalue weighted by Gasteiger charge is 2.21. The highest BCUT2D eigenvalue weighted by molar-refractivity contribution is 7.92. The zero-order chi connectivity index (χ0) is 19.2. The molecular weight excluding hydrogens is 376 g/mol. The maximum atomic E-state index is 12.2. The lowest BCUT2D eigenvalue weighted by Crippen LogP contribution is -2.38. The monoisotopic (exact) mass is 396 g/mol. The summed E-state index contributed by atoms with van der Waals surface area (Å²) in [4.78, 5) is 12.1. The number of para-hydroxylation sites is 2. The van der Waals surface area contributed by atoms with Crippen LogP contribution in [-0.4, -0.2) is 40.3 Å². The van der Waals surface area contributed by atoms with Gasteiger partial charge in [0.1, 0.15) is 5.75 Å². The third kappa shape index (κ3) is 5.37. The van der Waals surface area contributed by atoms with Crippen LogP contribution in [0.25, 0.3) is 0 Å². The molecule has 0 aliphatic heterocycles. The van der Waals surface area contributed by atoms with Gasteiger partial charge in [-0.25, -0.2) is 8.42 Å². The number of rotatable bonds is 8. The number of benzene rings is 2. The Morgan fingerprint density at radius 1 is 1.15 bits per heavy atom. The predicted octanol–water partition coefficient (Wildman–Crippen LogP) is 2.93. The number of amides is 1. The molecule has 1 N–H and O–H groups in total. The van der Waals surface area contributed by atoms with Gasteiger partial charge in [0.25, 0.3) is 5.91 Å².